The summed E-state index contributed by atoms with van der Waals surface area (Å²) < 4.78 is 5.93. The summed E-state index contributed by atoms with van der Waals surface area (Å²) >= 11 is 0. The van der Waals surface area contributed by atoms with Gasteiger partial charge in [-0.2, -0.15) is 5.26 Å². The highest BCUT2D eigenvalue weighted by Gasteiger charge is 2.48. The third-order valence-corrected chi connectivity index (χ3v) is 7.56. The minimum absolute atomic E-state index is 0.0195. The molecule has 0 aromatic rings. The molecule has 2 heteroatoms. The first kappa shape index (κ1) is 18.2. The van der Waals surface area contributed by atoms with Gasteiger partial charge in [-0.3, -0.25) is 0 Å². The standard InChI is InChI=1S/C22H37NO/c1-3-5-6-12-22(16-23)13-11-21-18(15-22)8-7-17-14-19(24-4-2)9-10-20(17)21/h17-21H,3-15H2,1-2H3/t17?,18?,19-,20?,21?,22+/m1/s1. The van der Waals surface area contributed by atoms with Gasteiger partial charge in [0.15, 0.2) is 0 Å². The smallest absolute Gasteiger partial charge is 0.0689 e. The maximum atomic E-state index is 9.89. The van der Waals surface area contributed by atoms with Crippen molar-refractivity contribution in [1.29, 1.82) is 5.26 Å². The topological polar surface area (TPSA) is 33.0 Å². The second-order valence-corrected chi connectivity index (χ2v) is 8.91. The first-order chi connectivity index (χ1) is 11.7. The van der Waals surface area contributed by atoms with Crippen LogP contribution in [-0.2, 0) is 4.74 Å². The average molecular weight is 332 g/mol. The van der Waals surface area contributed by atoms with E-state index < -0.39 is 0 Å². The fraction of sp³-hybridized carbons (Fsp3) is 0.955. The van der Waals surface area contributed by atoms with E-state index in [1.807, 2.05) is 0 Å². The van der Waals surface area contributed by atoms with Crippen LogP contribution in [0.1, 0.15) is 90.9 Å². The van der Waals surface area contributed by atoms with E-state index in [4.69, 9.17) is 4.74 Å². The summed E-state index contributed by atoms with van der Waals surface area (Å²) in [6.45, 7) is 5.26. The molecule has 0 heterocycles. The Bertz CT molecular complexity index is 442. The Labute approximate surface area is 149 Å². The molecule has 136 valence electrons. The maximum Gasteiger partial charge on any atom is 0.0689 e. The number of fused-ring (bicyclic) bond motifs is 3. The van der Waals surface area contributed by atoms with Gasteiger partial charge in [0, 0.05) is 6.61 Å². The number of hydrogen-bond donors (Lipinski definition) is 0. The summed E-state index contributed by atoms with van der Waals surface area (Å²) in [6.07, 6.45) is 15.9. The molecular formula is C22H37NO. The molecule has 0 aromatic heterocycles. The number of nitrogens with zero attached hydrogens (tertiary/aromatic N) is 1. The molecule has 3 fully saturated rings. The van der Waals surface area contributed by atoms with Gasteiger partial charge < -0.3 is 4.74 Å². The largest absolute Gasteiger partial charge is 0.378 e. The number of ether oxygens (including phenoxy) is 1. The molecule has 2 nitrogen and oxygen atoms in total. The van der Waals surface area contributed by atoms with Gasteiger partial charge in [0.05, 0.1) is 17.6 Å². The highest BCUT2D eigenvalue weighted by Crippen LogP contribution is 2.56. The zero-order chi connectivity index (χ0) is 17.0. The third-order valence-electron chi connectivity index (χ3n) is 7.56. The zero-order valence-electron chi connectivity index (χ0n) is 15.9. The summed E-state index contributed by atoms with van der Waals surface area (Å²) in [5.74, 6) is 3.60. The minimum Gasteiger partial charge on any atom is -0.378 e. The summed E-state index contributed by atoms with van der Waals surface area (Å²) in [6, 6.07) is 2.79. The van der Waals surface area contributed by atoms with Crippen molar-refractivity contribution in [2.45, 2.75) is 97.0 Å². The third kappa shape index (κ3) is 3.82. The lowest BCUT2D eigenvalue weighted by molar-refractivity contribution is -0.0565. The predicted molar refractivity (Wildman–Crippen MR) is 98.5 cm³/mol. The molecule has 0 saturated heterocycles. The number of unbranched alkanes of at least 4 members (excludes halogenated alkanes) is 2. The fourth-order valence-electron chi connectivity index (χ4n) is 6.37. The van der Waals surface area contributed by atoms with Crippen molar-refractivity contribution >= 4 is 0 Å². The first-order valence-electron chi connectivity index (χ1n) is 10.7. The average Bonchev–Trinajstić information content (AvgIpc) is 2.61. The van der Waals surface area contributed by atoms with Crippen LogP contribution >= 0.6 is 0 Å². The Balaban J connectivity index is 1.60. The van der Waals surface area contributed by atoms with Crippen LogP contribution in [0.25, 0.3) is 0 Å². The molecule has 0 N–H and O–H groups in total. The highest BCUT2D eigenvalue weighted by molar-refractivity contribution is 5.06. The minimum atomic E-state index is 0.0195. The molecule has 0 spiro atoms. The Kier molecular flexibility index (Phi) is 6.25. The van der Waals surface area contributed by atoms with Crippen LogP contribution in [0.4, 0.5) is 0 Å². The summed E-state index contributed by atoms with van der Waals surface area (Å²) in [7, 11) is 0. The van der Waals surface area contributed by atoms with E-state index in [1.54, 1.807) is 0 Å². The van der Waals surface area contributed by atoms with E-state index >= 15 is 0 Å². The molecular weight excluding hydrogens is 294 g/mol. The highest BCUT2D eigenvalue weighted by atomic mass is 16.5. The van der Waals surface area contributed by atoms with Gasteiger partial charge in [-0.1, -0.05) is 26.2 Å². The molecule has 3 rings (SSSR count). The van der Waals surface area contributed by atoms with Crippen LogP contribution in [0.5, 0.6) is 0 Å². The van der Waals surface area contributed by atoms with E-state index in [2.05, 4.69) is 19.9 Å². The van der Waals surface area contributed by atoms with Gasteiger partial charge in [-0.15, -0.1) is 0 Å². The van der Waals surface area contributed by atoms with Gasteiger partial charge in [0.25, 0.3) is 0 Å². The summed E-state index contributed by atoms with van der Waals surface area (Å²) in [5.41, 5.74) is 0.0195. The second kappa shape index (κ2) is 8.22. The van der Waals surface area contributed by atoms with Crippen molar-refractivity contribution in [2.24, 2.45) is 29.1 Å². The van der Waals surface area contributed by atoms with E-state index in [0.717, 1.165) is 36.7 Å². The Morgan fingerprint density at radius 1 is 1.00 bits per heavy atom. The van der Waals surface area contributed by atoms with Crippen LogP contribution in [-0.4, -0.2) is 12.7 Å². The van der Waals surface area contributed by atoms with Crippen molar-refractivity contribution in [1.82, 2.24) is 0 Å². The Morgan fingerprint density at radius 3 is 2.54 bits per heavy atom. The zero-order valence-corrected chi connectivity index (χ0v) is 15.9. The molecule has 0 bridgehead atoms. The number of nitriles is 1. The van der Waals surface area contributed by atoms with Crippen LogP contribution in [0.2, 0.25) is 0 Å². The lowest BCUT2D eigenvalue weighted by Gasteiger charge is -2.52. The number of hydrogen-bond acceptors (Lipinski definition) is 2. The molecule has 0 amide bonds. The second-order valence-electron chi connectivity index (χ2n) is 8.91. The Hall–Kier alpha value is -0.550. The lowest BCUT2D eigenvalue weighted by atomic mass is 9.53. The summed E-state index contributed by atoms with van der Waals surface area (Å²) in [5, 5.41) is 9.89. The van der Waals surface area contributed by atoms with Gasteiger partial charge in [0.1, 0.15) is 0 Å². The molecule has 0 radical (unpaired) electrons. The van der Waals surface area contributed by atoms with Gasteiger partial charge in [-0.05, 0) is 88.4 Å². The van der Waals surface area contributed by atoms with Crippen LogP contribution < -0.4 is 0 Å². The molecule has 3 aliphatic carbocycles. The molecule has 3 aliphatic rings. The lowest BCUT2D eigenvalue weighted by Crippen LogP contribution is -2.45. The molecule has 4 unspecified atom stereocenters. The van der Waals surface area contributed by atoms with Crippen LogP contribution in [0.3, 0.4) is 0 Å². The predicted octanol–water partition coefficient (Wildman–Crippen LogP) is 6.11. The van der Waals surface area contributed by atoms with E-state index in [1.165, 1.54) is 70.6 Å². The molecule has 24 heavy (non-hydrogen) atoms. The molecule has 3 saturated carbocycles. The Morgan fingerprint density at radius 2 is 1.79 bits per heavy atom. The van der Waals surface area contributed by atoms with Crippen molar-refractivity contribution in [3.8, 4) is 6.07 Å². The molecule has 0 aliphatic heterocycles. The fourth-order valence-corrected chi connectivity index (χ4v) is 6.37. The van der Waals surface area contributed by atoms with E-state index in [-0.39, 0.29) is 5.41 Å². The number of rotatable bonds is 6. The normalized spacial score (nSPS) is 42.0. The molecule has 6 atom stereocenters. The van der Waals surface area contributed by atoms with E-state index in [9.17, 15) is 5.26 Å². The van der Waals surface area contributed by atoms with Crippen molar-refractivity contribution < 1.29 is 4.74 Å². The molecule has 0 aromatic carbocycles. The van der Waals surface area contributed by atoms with Crippen molar-refractivity contribution in [3.05, 3.63) is 0 Å². The van der Waals surface area contributed by atoms with Crippen molar-refractivity contribution in [2.75, 3.05) is 6.61 Å². The first-order valence-corrected chi connectivity index (χ1v) is 10.7. The SMILES string of the molecule is CCCCC[C@]1(C#N)CCC2C(CCC3C[C@H](OCC)CCC32)C1. The van der Waals surface area contributed by atoms with Crippen molar-refractivity contribution in [3.63, 3.8) is 0 Å². The quantitative estimate of drug-likeness (QED) is 0.550. The van der Waals surface area contributed by atoms with Gasteiger partial charge >= 0.3 is 0 Å². The monoisotopic (exact) mass is 331 g/mol. The maximum absolute atomic E-state index is 9.89. The van der Waals surface area contributed by atoms with Crippen LogP contribution in [0, 0.1) is 40.4 Å². The van der Waals surface area contributed by atoms with Crippen LogP contribution in [0.15, 0.2) is 0 Å². The van der Waals surface area contributed by atoms with Gasteiger partial charge in [0.2, 0.25) is 0 Å². The summed E-state index contributed by atoms with van der Waals surface area (Å²) in [4.78, 5) is 0. The van der Waals surface area contributed by atoms with Gasteiger partial charge in [-0.25, -0.2) is 0 Å². The van der Waals surface area contributed by atoms with E-state index in [0.29, 0.717) is 6.10 Å².